The van der Waals surface area contributed by atoms with Crippen LogP contribution in [0.4, 0.5) is 24.8 Å². The van der Waals surface area contributed by atoms with Crippen molar-refractivity contribution in [2.24, 2.45) is 0 Å². The van der Waals surface area contributed by atoms with Crippen LogP contribution in [0.15, 0.2) is 54.9 Å². The van der Waals surface area contributed by atoms with E-state index in [4.69, 9.17) is 4.74 Å². The Morgan fingerprint density at radius 3 is 2.73 bits per heavy atom. The number of carbonyl (C=O) groups excluding carboxylic acids is 1. The monoisotopic (exact) mass is 526 g/mol. The Bertz CT molecular complexity index is 1500. The van der Waals surface area contributed by atoms with Gasteiger partial charge in [-0.05, 0) is 66.8 Å². The van der Waals surface area contributed by atoms with Gasteiger partial charge in [-0.15, -0.1) is 11.3 Å². The fraction of sp³-hybridized carbons (Fsp3) is 0.231. The van der Waals surface area contributed by atoms with Crippen molar-refractivity contribution in [2.75, 3.05) is 12.4 Å². The van der Waals surface area contributed by atoms with E-state index in [0.29, 0.717) is 45.4 Å². The van der Waals surface area contributed by atoms with E-state index in [1.54, 1.807) is 30.5 Å². The number of aromatic nitrogens is 3. The van der Waals surface area contributed by atoms with E-state index >= 15 is 0 Å². The molecule has 3 aromatic heterocycles. The zero-order valence-corrected chi connectivity index (χ0v) is 20.6. The summed E-state index contributed by atoms with van der Waals surface area (Å²) in [6.45, 7) is 1.84. The van der Waals surface area contributed by atoms with Gasteiger partial charge in [-0.3, -0.25) is 0 Å². The van der Waals surface area contributed by atoms with Gasteiger partial charge in [-0.25, -0.2) is 19.7 Å². The largest absolute Gasteiger partial charge is 0.465 e. The number of pyridine rings is 2. The lowest BCUT2D eigenvalue weighted by Gasteiger charge is -2.21. The maximum Gasteiger partial charge on any atom is 0.416 e. The summed E-state index contributed by atoms with van der Waals surface area (Å²) in [5, 5.41) is 14.9. The molecule has 0 amide bonds. The van der Waals surface area contributed by atoms with Crippen LogP contribution < -0.4 is 5.32 Å². The molecule has 2 N–H and O–H groups in total. The Balaban J connectivity index is 1.45. The van der Waals surface area contributed by atoms with Gasteiger partial charge in [0, 0.05) is 12.4 Å². The Morgan fingerprint density at radius 2 is 1.97 bits per heavy atom. The summed E-state index contributed by atoms with van der Waals surface area (Å²) < 4.78 is 44.1. The third-order valence-electron chi connectivity index (χ3n) is 6.19. The molecule has 0 saturated carbocycles. The molecule has 0 bridgehead atoms. The molecule has 1 aromatic carbocycles. The minimum Gasteiger partial charge on any atom is -0.465 e. The Kier molecular flexibility index (Phi) is 6.20. The number of carbonyl (C=O) groups is 1. The summed E-state index contributed by atoms with van der Waals surface area (Å²) in [4.78, 5) is 25.8. The van der Waals surface area contributed by atoms with Crippen LogP contribution in [0.5, 0.6) is 0 Å². The molecule has 0 saturated heterocycles. The van der Waals surface area contributed by atoms with Gasteiger partial charge < -0.3 is 15.2 Å². The number of esters is 1. The first-order valence-electron chi connectivity index (χ1n) is 11.3. The summed E-state index contributed by atoms with van der Waals surface area (Å²) in [5.41, 5.74) is 0.964. The second-order valence-electron chi connectivity index (χ2n) is 8.68. The molecular weight excluding hydrogens is 505 g/mol. The Labute approximate surface area is 214 Å². The highest BCUT2D eigenvalue weighted by molar-refractivity contribution is 7.15. The number of halogens is 3. The Morgan fingerprint density at radius 1 is 1.16 bits per heavy atom. The van der Waals surface area contributed by atoms with E-state index in [1.165, 1.54) is 18.4 Å². The quantitative estimate of drug-likeness (QED) is 0.325. The van der Waals surface area contributed by atoms with Gasteiger partial charge in [0.15, 0.2) is 0 Å². The molecule has 1 atom stereocenters. The van der Waals surface area contributed by atoms with Crippen molar-refractivity contribution in [3.63, 3.8) is 0 Å². The van der Waals surface area contributed by atoms with Crippen LogP contribution in [0.2, 0.25) is 0 Å². The van der Waals surface area contributed by atoms with Gasteiger partial charge in [0.2, 0.25) is 0 Å². The second kappa shape index (κ2) is 9.24. The average Bonchev–Trinajstić information content (AvgIpc) is 3.49. The zero-order valence-electron chi connectivity index (χ0n) is 19.8. The van der Waals surface area contributed by atoms with Crippen LogP contribution in [0.25, 0.3) is 10.6 Å². The number of fused-ring (bicyclic) bond motifs is 1. The van der Waals surface area contributed by atoms with Gasteiger partial charge >= 0.3 is 12.1 Å². The molecule has 0 fully saturated rings. The standard InChI is InChI=1S/C26H21F3N4O3S/c1-14-10-19(32-22(11-14)33-21-12-15(7-9-30-21)26(27,28)29)20-13-31-24(37-20)25(35)8-6-16-17(23(34)36-2)4-3-5-18(16)25/h3-5,7,9-13,35H,6,8H2,1-2H3,(H,30,32,33)/t25-/m0/s1. The van der Waals surface area contributed by atoms with Gasteiger partial charge in [-0.1, -0.05) is 12.1 Å². The SMILES string of the molecule is COC(=O)c1cccc2c1CC[C@@]2(O)c1ncc(-c2cc(C)cc(Nc3cc(C(F)(F)F)ccn3)n2)s1. The van der Waals surface area contributed by atoms with E-state index in [0.717, 1.165) is 29.5 Å². The maximum absolute atomic E-state index is 13.1. The fourth-order valence-corrected chi connectivity index (χ4v) is 5.46. The normalized spacial score (nSPS) is 16.9. The van der Waals surface area contributed by atoms with Crippen molar-refractivity contribution in [1.82, 2.24) is 15.0 Å². The van der Waals surface area contributed by atoms with E-state index in [1.807, 2.05) is 13.0 Å². The molecule has 11 heteroatoms. The number of aliphatic hydroxyl groups is 1. The van der Waals surface area contributed by atoms with Gasteiger partial charge in [0.05, 0.1) is 28.8 Å². The maximum atomic E-state index is 13.1. The molecule has 5 rings (SSSR count). The number of alkyl halides is 3. The van der Waals surface area contributed by atoms with Crippen molar-refractivity contribution in [3.05, 3.63) is 87.7 Å². The number of thiazole rings is 1. The first kappa shape index (κ1) is 24.8. The number of aryl methyl sites for hydroxylation is 1. The summed E-state index contributed by atoms with van der Waals surface area (Å²) in [5.74, 6) is -0.119. The molecule has 0 radical (unpaired) electrons. The zero-order chi connectivity index (χ0) is 26.4. The van der Waals surface area contributed by atoms with Crippen molar-refractivity contribution >= 4 is 28.9 Å². The molecule has 3 heterocycles. The number of hydrogen-bond donors (Lipinski definition) is 2. The number of rotatable bonds is 5. The predicted octanol–water partition coefficient (Wildman–Crippen LogP) is 5.64. The molecule has 4 aromatic rings. The molecule has 1 aliphatic carbocycles. The number of ether oxygens (including phenoxy) is 1. The van der Waals surface area contributed by atoms with E-state index < -0.39 is 23.3 Å². The van der Waals surface area contributed by atoms with E-state index in [2.05, 4.69) is 20.3 Å². The molecule has 190 valence electrons. The van der Waals surface area contributed by atoms with E-state index in [9.17, 15) is 23.1 Å². The second-order valence-corrected chi connectivity index (χ2v) is 9.71. The van der Waals surface area contributed by atoms with Crippen molar-refractivity contribution in [2.45, 2.75) is 31.5 Å². The third kappa shape index (κ3) is 4.67. The lowest BCUT2D eigenvalue weighted by Crippen LogP contribution is -2.23. The van der Waals surface area contributed by atoms with Crippen LogP contribution in [-0.4, -0.2) is 33.1 Å². The number of hydrogen-bond acceptors (Lipinski definition) is 8. The molecule has 7 nitrogen and oxygen atoms in total. The van der Waals surface area contributed by atoms with Crippen LogP contribution in [0, 0.1) is 6.92 Å². The molecule has 37 heavy (non-hydrogen) atoms. The first-order valence-corrected chi connectivity index (χ1v) is 12.1. The van der Waals surface area contributed by atoms with Crippen molar-refractivity contribution in [3.8, 4) is 10.6 Å². The highest BCUT2D eigenvalue weighted by Gasteiger charge is 2.42. The van der Waals surface area contributed by atoms with Crippen molar-refractivity contribution < 1.29 is 27.8 Å². The lowest BCUT2D eigenvalue weighted by molar-refractivity contribution is -0.137. The number of benzene rings is 1. The summed E-state index contributed by atoms with van der Waals surface area (Å²) in [6.07, 6.45) is -0.942. The van der Waals surface area contributed by atoms with Gasteiger partial charge in [0.25, 0.3) is 0 Å². The number of anilines is 2. The summed E-state index contributed by atoms with van der Waals surface area (Å²) in [6, 6.07) is 10.5. The highest BCUT2D eigenvalue weighted by Crippen LogP contribution is 2.45. The molecular formula is C26H21F3N4O3S. The first-order chi connectivity index (χ1) is 17.6. The summed E-state index contributed by atoms with van der Waals surface area (Å²) in [7, 11) is 1.32. The smallest absolute Gasteiger partial charge is 0.416 e. The number of nitrogens with zero attached hydrogens (tertiary/aromatic N) is 3. The minimum absolute atomic E-state index is 0.0159. The molecule has 0 aliphatic heterocycles. The van der Waals surface area contributed by atoms with Crippen LogP contribution in [0.3, 0.4) is 0 Å². The van der Waals surface area contributed by atoms with Crippen molar-refractivity contribution in [1.29, 1.82) is 0 Å². The van der Waals surface area contributed by atoms with E-state index in [-0.39, 0.29) is 5.82 Å². The topological polar surface area (TPSA) is 97.2 Å². The third-order valence-corrected chi connectivity index (χ3v) is 7.36. The lowest BCUT2D eigenvalue weighted by atomic mass is 9.95. The summed E-state index contributed by atoms with van der Waals surface area (Å²) >= 11 is 1.26. The average molecular weight is 527 g/mol. The molecule has 1 aliphatic rings. The highest BCUT2D eigenvalue weighted by atomic mass is 32.1. The Hall–Kier alpha value is -3.83. The molecule has 0 spiro atoms. The number of nitrogens with one attached hydrogen (secondary N) is 1. The minimum atomic E-state index is -4.49. The van der Waals surface area contributed by atoms with Gasteiger partial charge in [-0.2, -0.15) is 13.2 Å². The molecule has 0 unspecified atom stereocenters. The van der Waals surface area contributed by atoms with Crippen LogP contribution >= 0.6 is 11.3 Å². The van der Waals surface area contributed by atoms with Gasteiger partial charge in [0.1, 0.15) is 22.2 Å². The fourth-order valence-electron chi connectivity index (χ4n) is 4.46. The van der Waals surface area contributed by atoms with Crippen LogP contribution in [0.1, 0.15) is 44.0 Å². The number of methoxy groups -OCH3 is 1. The predicted molar refractivity (Wildman–Crippen MR) is 132 cm³/mol. The van der Waals surface area contributed by atoms with Crippen LogP contribution in [-0.2, 0) is 22.9 Å².